The minimum atomic E-state index is -0.383. The molecule has 0 spiro atoms. The molecule has 4 amide bonds. The molecule has 2 aromatic carbocycles. The third-order valence-corrected chi connectivity index (χ3v) is 5.75. The summed E-state index contributed by atoms with van der Waals surface area (Å²) in [5.41, 5.74) is 1.47. The molecule has 0 aromatic heterocycles. The van der Waals surface area contributed by atoms with Gasteiger partial charge in [-0.3, -0.25) is 14.5 Å². The molecule has 0 saturated carbocycles. The van der Waals surface area contributed by atoms with Gasteiger partial charge in [0.1, 0.15) is 23.3 Å². The van der Waals surface area contributed by atoms with Crippen LogP contribution in [0.4, 0.5) is 10.5 Å². The maximum atomic E-state index is 12.9. The summed E-state index contributed by atoms with van der Waals surface area (Å²) in [4.78, 5) is 41.1. The maximum Gasteiger partial charge on any atom is 0.327 e. The van der Waals surface area contributed by atoms with Gasteiger partial charge in [0.15, 0.2) is 0 Å². The Bertz CT molecular complexity index is 1030. The predicted octanol–water partition coefficient (Wildman–Crippen LogP) is 2.89. The molecule has 0 bridgehead atoms. The second kappa shape index (κ2) is 8.78. The highest BCUT2D eigenvalue weighted by Crippen LogP contribution is 2.31. The normalized spacial score (nSPS) is 17.4. The standard InChI is InChI=1S/C23H25N3O6/c1-30-16-10-15(11-17(12-16)31-2)21(27)24-18-9-14(6-7-20(18)32-3)13-26-22(28)19-5-4-8-25(19)23(26)29/h6-7,9-12,19H,4-5,8,13H2,1-3H3,(H,24,27). The van der Waals surface area contributed by atoms with E-state index in [0.717, 1.165) is 6.42 Å². The van der Waals surface area contributed by atoms with Crippen molar-refractivity contribution >= 4 is 23.5 Å². The van der Waals surface area contributed by atoms with Gasteiger partial charge in [0.2, 0.25) is 0 Å². The van der Waals surface area contributed by atoms with Crippen molar-refractivity contribution in [3.63, 3.8) is 0 Å². The van der Waals surface area contributed by atoms with Crippen molar-refractivity contribution in [2.45, 2.75) is 25.4 Å². The molecule has 0 radical (unpaired) electrons. The fourth-order valence-corrected chi connectivity index (χ4v) is 4.09. The predicted molar refractivity (Wildman–Crippen MR) is 116 cm³/mol. The minimum Gasteiger partial charge on any atom is -0.497 e. The Morgan fingerprint density at radius 1 is 1.03 bits per heavy atom. The number of nitrogens with one attached hydrogen (secondary N) is 1. The maximum absolute atomic E-state index is 12.9. The monoisotopic (exact) mass is 439 g/mol. The highest BCUT2D eigenvalue weighted by Gasteiger charge is 2.47. The van der Waals surface area contributed by atoms with Crippen LogP contribution in [0.25, 0.3) is 0 Å². The van der Waals surface area contributed by atoms with Gasteiger partial charge in [-0.1, -0.05) is 6.07 Å². The molecule has 9 heteroatoms. The Balaban J connectivity index is 1.56. The van der Waals surface area contributed by atoms with E-state index in [9.17, 15) is 14.4 Å². The first-order chi connectivity index (χ1) is 15.4. The van der Waals surface area contributed by atoms with Gasteiger partial charge in [-0.25, -0.2) is 4.79 Å². The molecule has 2 saturated heterocycles. The second-order valence-corrected chi connectivity index (χ2v) is 7.65. The summed E-state index contributed by atoms with van der Waals surface area (Å²) >= 11 is 0. The highest BCUT2D eigenvalue weighted by atomic mass is 16.5. The van der Waals surface area contributed by atoms with Crippen molar-refractivity contribution in [3.8, 4) is 17.2 Å². The van der Waals surface area contributed by atoms with Crippen molar-refractivity contribution in [3.05, 3.63) is 47.5 Å². The number of imide groups is 1. The van der Waals surface area contributed by atoms with E-state index in [2.05, 4.69) is 5.32 Å². The summed E-state index contributed by atoms with van der Waals surface area (Å²) in [5, 5.41) is 2.83. The van der Waals surface area contributed by atoms with Crippen LogP contribution < -0.4 is 19.5 Å². The molecule has 2 aliphatic heterocycles. The Morgan fingerprint density at radius 2 is 1.75 bits per heavy atom. The molecule has 32 heavy (non-hydrogen) atoms. The number of rotatable bonds is 7. The molecule has 2 aliphatic rings. The van der Waals surface area contributed by atoms with Gasteiger partial charge in [0.05, 0.1) is 33.6 Å². The number of urea groups is 1. The van der Waals surface area contributed by atoms with E-state index in [1.54, 1.807) is 41.3 Å². The van der Waals surface area contributed by atoms with Gasteiger partial charge in [-0.05, 0) is 42.7 Å². The number of benzene rings is 2. The number of hydrogen-bond donors (Lipinski definition) is 1. The summed E-state index contributed by atoms with van der Waals surface area (Å²) in [5.74, 6) is 0.879. The number of carbonyl (C=O) groups is 3. The van der Waals surface area contributed by atoms with E-state index in [0.29, 0.717) is 47.0 Å². The molecular formula is C23H25N3O6. The molecule has 1 atom stereocenters. The van der Waals surface area contributed by atoms with Gasteiger partial charge in [-0.15, -0.1) is 0 Å². The quantitative estimate of drug-likeness (QED) is 0.667. The average molecular weight is 439 g/mol. The second-order valence-electron chi connectivity index (χ2n) is 7.65. The van der Waals surface area contributed by atoms with E-state index in [1.807, 2.05) is 0 Å². The minimum absolute atomic E-state index is 0.129. The van der Waals surface area contributed by atoms with Crippen LogP contribution in [0.1, 0.15) is 28.8 Å². The van der Waals surface area contributed by atoms with E-state index < -0.39 is 0 Å². The number of nitrogens with zero attached hydrogens (tertiary/aromatic N) is 2. The van der Waals surface area contributed by atoms with Gasteiger partial charge < -0.3 is 24.4 Å². The number of fused-ring (bicyclic) bond motifs is 1. The lowest BCUT2D eigenvalue weighted by atomic mass is 10.1. The van der Waals surface area contributed by atoms with Crippen molar-refractivity contribution in [1.29, 1.82) is 0 Å². The van der Waals surface area contributed by atoms with Crippen LogP contribution in [-0.2, 0) is 11.3 Å². The zero-order valence-corrected chi connectivity index (χ0v) is 18.2. The number of ether oxygens (including phenoxy) is 3. The number of amides is 4. The highest BCUT2D eigenvalue weighted by molar-refractivity contribution is 6.06. The Labute approximate surface area is 185 Å². The summed E-state index contributed by atoms with van der Waals surface area (Å²) in [6, 6.07) is 9.44. The van der Waals surface area contributed by atoms with Crippen LogP contribution in [0, 0.1) is 0 Å². The largest absolute Gasteiger partial charge is 0.497 e. The first kappa shape index (κ1) is 21.5. The van der Waals surface area contributed by atoms with Crippen LogP contribution in [0.5, 0.6) is 17.2 Å². The fraction of sp³-hybridized carbons (Fsp3) is 0.348. The third kappa shape index (κ3) is 3.93. The smallest absolute Gasteiger partial charge is 0.327 e. The van der Waals surface area contributed by atoms with Gasteiger partial charge in [0.25, 0.3) is 11.8 Å². The van der Waals surface area contributed by atoms with Crippen molar-refractivity contribution in [2.75, 3.05) is 33.2 Å². The molecule has 2 fully saturated rings. The number of anilines is 1. The third-order valence-electron chi connectivity index (χ3n) is 5.75. The van der Waals surface area contributed by atoms with Crippen LogP contribution in [0.2, 0.25) is 0 Å². The van der Waals surface area contributed by atoms with E-state index >= 15 is 0 Å². The van der Waals surface area contributed by atoms with Crippen molar-refractivity contribution < 1.29 is 28.6 Å². The Hall–Kier alpha value is -3.75. The van der Waals surface area contributed by atoms with Crippen LogP contribution in [-0.4, -0.2) is 61.6 Å². The Morgan fingerprint density at radius 3 is 2.38 bits per heavy atom. The van der Waals surface area contributed by atoms with E-state index in [4.69, 9.17) is 14.2 Å². The zero-order valence-electron chi connectivity index (χ0n) is 18.2. The molecule has 0 aliphatic carbocycles. The van der Waals surface area contributed by atoms with Gasteiger partial charge in [0, 0.05) is 18.2 Å². The SMILES string of the molecule is COc1cc(OC)cc(C(=O)Nc2cc(CN3C(=O)C4CCCN4C3=O)ccc2OC)c1. The summed E-state index contributed by atoms with van der Waals surface area (Å²) in [6.45, 7) is 0.740. The lowest BCUT2D eigenvalue weighted by Gasteiger charge is -2.17. The molecule has 2 aromatic rings. The van der Waals surface area contributed by atoms with E-state index in [-0.39, 0.29) is 30.4 Å². The zero-order chi connectivity index (χ0) is 22.8. The fourth-order valence-electron chi connectivity index (χ4n) is 4.09. The van der Waals surface area contributed by atoms with Crippen molar-refractivity contribution in [1.82, 2.24) is 9.80 Å². The Kier molecular flexibility index (Phi) is 5.89. The first-order valence-corrected chi connectivity index (χ1v) is 10.3. The summed E-state index contributed by atoms with van der Waals surface area (Å²) in [7, 11) is 4.52. The average Bonchev–Trinajstić information content (AvgIpc) is 3.38. The van der Waals surface area contributed by atoms with E-state index in [1.165, 1.54) is 26.2 Å². The summed E-state index contributed by atoms with van der Waals surface area (Å²) in [6.07, 6.45) is 1.55. The molecule has 4 rings (SSSR count). The van der Waals surface area contributed by atoms with Crippen LogP contribution >= 0.6 is 0 Å². The van der Waals surface area contributed by atoms with Crippen LogP contribution in [0.15, 0.2) is 36.4 Å². The molecule has 168 valence electrons. The molecular weight excluding hydrogens is 414 g/mol. The number of carbonyl (C=O) groups excluding carboxylic acids is 3. The lowest BCUT2D eigenvalue weighted by Crippen LogP contribution is -2.32. The molecule has 9 nitrogen and oxygen atoms in total. The van der Waals surface area contributed by atoms with Gasteiger partial charge in [-0.2, -0.15) is 0 Å². The first-order valence-electron chi connectivity index (χ1n) is 10.3. The molecule has 1 N–H and O–H groups in total. The molecule has 2 heterocycles. The molecule has 1 unspecified atom stereocenters. The topological polar surface area (TPSA) is 97.4 Å². The van der Waals surface area contributed by atoms with Crippen LogP contribution in [0.3, 0.4) is 0 Å². The van der Waals surface area contributed by atoms with Crippen molar-refractivity contribution in [2.24, 2.45) is 0 Å². The lowest BCUT2D eigenvalue weighted by molar-refractivity contribution is -0.128. The summed E-state index contributed by atoms with van der Waals surface area (Å²) < 4.78 is 15.8. The number of methoxy groups -OCH3 is 3. The van der Waals surface area contributed by atoms with Gasteiger partial charge >= 0.3 is 6.03 Å². The number of hydrogen-bond acceptors (Lipinski definition) is 6.